The molecule has 0 atom stereocenters. The van der Waals surface area contributed by atoms with E-state index in [1.54, 1.807) is 25.3 Å². The van der Waals surface area contributed by atoms with Gasteiger partial charge in [0, 0.05) is 46.0 Å². The molecule has 0 aliphatic carbocycles. The molecule has 5 rings (SSSR count). The number of amides is 1. The van der Waals surface area contributed by atoms with E-state index in [1.807, 2.05) is 35.0 Å². The molecule has 2 heterocycles. The van der Waals surface area contributed by atoms with Crippen LogP contribution in [0.4, 0.5) is 5.69 Å². The first-order chi connectivity index (χ1) is 17.1. The maximum absolute atomic E-state index is 12.8. The summed E-state index contributed by atoms with van der Waals surface area (Å²) in [7, 11) is -2.39. The maximum Gasteiger partial charge on any atom is 0.335 e. The van der Waals surface area contributed by atoms with Crippen LogP contribution in [0, 0.1) is 0 Å². The predicted molar refractivity (Wildman–Crippen MR) is 135 cm³/mol. The first-order valence-corrected chi connectivity index (χ1v) is 12.4. The quantitative estimate of drug-likeness (QED) is 0.344. The Morgan fingerprint density at radius 3 is 2.67 bits per heavy atom. The molecule has 1 aliphatic heterocycles. The number of benzene rings is 3. The van der Waals surface area contributed by atoms with Gasteiger partial charge in [-0.05, 0) is 60.2 Å². The van der Waals surface area contributed by atoms with Gasteiger partial charge in [0.1, 0.15) is 5.75 Å². The molecule has 0 saturated heterocycles. The Kier molecular flexibility index (Phi) is 5.62. The average molecular weight is 504 g/mol. The molecule has 10 heteroatoms. The summed E-state index contributed by atoms with van der Waals surface area (Å²) >= 11 is 0. The number of nitrogens with two attached hydrogens (primary N) is 1. The second-order valence-electron chi connectivity index (χ2n) is 8.37. The second-order valence-corrected chi connectivity index (χ2v) is 9.93. The van der Waals surface area contributed by atoms with Gasteiger partial charge < -0.3 is 19.7 Å². The lowest BCUT2D eigenvalue weighted by Crippen LogP contribution is -2.12. The van der Waals surface area contributed by atoms with E-state index in [1.165, 1.54) is 24.3 Å². The first-order valence-electron chi connectivity index (χ1n) is 10.8. The molecule has 4 N–H and O–H groups in total. The third-order valence-corrected chi connectivity index (χ3v) is 6.96. The summed E-state index contributed by atoms with van der Waals surface area (Å²) in [5.74, 6) is -0.746. The number of rotatable bonds is 6. The van der Waals surface area contributed by atoms with Gasteiger partial charge in [-0.3, -0.25) is 4.79 Å². The third-order valence-electron chi connectivity index (χ3n) is 6.05. The van der Waals surface area contributed by atoms with Crippen LogP contribution in [0.1, 0.15) is 27.0 Å². The number of sulfonamides is 1. The van der Waals surface area contributed by atoms with Crippen molar-refractivity contribution in [2.24, 2.45) is 5.14 Å². The van der Waals surface area contributed by atoms with Crippen molar-refractivity contribution in [3.05, 3.63) is 89.1 Å². The molecule has 0 fully saturated rings. The number of carboxylic acids is 1. The summed E-state index contributed by atoms with van der Waals surface area (Å²) in [5, 5.41) is 18.2. The summed E-state index contributed by atoms with van der Waals surface area (Å²) in [6.45, 7) is 0.394. The zero-order chi connectivity index (χ0) is 25.6. The summed E-state index contributed by atoms with van der Waals surface area (Å²) in [4.78, 5) is 24.1. The fraction of sp³-hybridized carbons (Fsp3) is 0.0769. The normalized spacial score (nSPS) is 14.2. The standard InChI is InChI=1S/C26H21N3O6S/c1-35-18-5-8-24-20(11-18)17(14-29(24)13-15-3-2-4-16(9-15)26(31)32)10-22-21-12-19(36(27,33)34)6-7-23(21)28-25(22)30/h2-12,14H,13H2,1H3,(H,28,30)(H,31,32)(H2,27,33,34)/b22-10-. The van der Waals surface area contributed by atoms with Crippen LogP contribution >= 0.6 is 0 Å². The average Bonchev–Trinajstić information content (AvgIpc) is 3.34. The van der Waals surface area contributed by atoms with Crippen LogP contribution < -0.4 is 15.2 Å². The van der Waals surface area contributed by atoms with Crippen LogP contribution in [0.25, 0.3) is 22.6 Å². The lowest BCUT2D eigenvalue weighted by molar-refractivity contribution is -0.110. The van der Waals surface area contributed by atoms with E-state index in [9.17, 15) is 23.1 Å². The van der Waals surface area contributed by atoms with E-state index in [0.29, 0.717) is 34.7 Å². The second kappa shape index (κ2) is 8.67. The Bertz CT molecular complexity index is 1700. The lowest BCUT2D eigenvalue weighted by atomic mass is 10.0. The molecule has 0 spiro atoms. The van der Waals surface area contributed by atoms with Crippen molar-refractivity contribution in [1.29, 1.82) is 0 Å². The van der Waals surface area contributed by atoms with E-state index < -0.39 is 16.0 Å². The molecular formula is C26H21N3O6S. The van der Waals surface area contributed by atoms with Gasteiger partial charge in [-0.2, -0.15) is 0 Å². The molecule has 0 radical (unpaired) electrons. The molecule has 182 valence electrons. The van der Waals surface area contributed by atoms with Crippen molar-refractivity contribution in [2.75, 3.05) is 12.4 Å². The van der Waals surface area contributed by atoms with Crippen molar-refractivity contribution in [2.45, 2.75) is 11.4 Å². The number of nitrogens with zero attached hydrogens (tertiary/aromatic N) is 1. The minimum absolute atomic E-state index is 0.0916. The number of hydrogen-bond donors (Lipinski definition) is 3. The molecule has 1 amide bonds. The summed E-state index contributed by atoms with van der Waals surface area (Å²) < 4.78 is 31.1. The summed E-state index contributed by atoms with van der Waals surface area (Å²) in [6, 6.07) is 16.5. The Hall–Kier alpha value is -4.41. The number of nitrogens with one attached hydrogen (secondary N) is 1. The van der Waals surface area contributed by atoms with E-state index in [0.717, 1.165) is 16.5 Å². The number of ether oxygens (including phenoxy) is 1. The van der Waals surface area contributed by atoms with Crippen LogP contribution in [-0.2, 0) is 21.4 Å². The first kappa shape index (κ1) is 23.3. The van der Waals surface area contributed by atoms with Gasteiger partial charge >= 0.3 is 5.97 Å². The zero-order valence-electron chi connectivity index (χ0n) is 19.1. The highest BCUT2D eigenvalue weighted by Crippen LogP contribution is 2.36. The van der Waals surface area contributed by atoms with Crippen LogP contribution in [-0.4, -0.2) is 37.1 Å². The molecule has 9 nitrogen and oxygen atoms in total. The van der Waals surface area contributed by atoms with Crippen LogP contribution in [0.15, 0.2) is 71.8 Å². The topological polar surface area (TPSA) is 141 Å². The highest BCUT2D eigenvalue weighted by atomic mass is 32.2. The number of carbonyl (C=O) groups is 2. The van der Waals surface area contributed by atoms with Crippen molar-refractivity contribution in [1.82, 2.24) is 4.57 Å². The number of aromatic nitrogens is 1. The highest BCUT2D eigenvalue weighted by Gasteiger charge is 2.26. The van der Waals surface area contributed by atoms with Gasteiger partial charge in [-0.1, -0.05) is 12.1 Å². The maximum atomic E-state index is 12.8. The number of primary sulfonamides is 1. The summed E-state index contributed by atoms with van der Waals surface area (Å²) in [5.41, 5.74) is 3.76. The molecule has 0 unspecified atom stereocenters. The number of hydrogen-bond acceptors (Lipinski definition) is 5. The van der Waals surface area contributed by atoms with E-state index >= 15 is 0 Å². The van der Waals surface area contributed by atoms with Gasteiger partial charge in [0.05, 0.1) is 17.6 Å². The fourth-order valence-electron chi connectivity index (χ4n) is 4.32. The molecule has 0 bridgehead atoms. The van der Waals surface area contributed by atoms with Crippen LogP contribution in [0.5, 0.6) is 5.75 Å². The fourth-order valence-corrected chi connectivity index (χ4v) is 4.86. The number of anilines is 1. The van der Waals surface area contributed by atoms with E-state index in [-0.39, 0.29) is 16.4 Å². The van der Waals surface area contributed by atoms with Crippen LogP contribution in [0.2, 0.25) is 0 Å². The van der Waals surface area contributed by atoms with Gasteiger partial charge in [0.2, 0.25) is 10.0 Å². The van der Waals surface area contributed by atoms with Crippen molar-refractivity contribution >= 4 is 50.1 Å². The zero-order valence-corrected chi connectivity index (χ0v) is 19.9. The van der Waals surface area contributed by atoms with Crippen molar-refractivity contribution < 1.29 is 27.9 Å². The monoisotopic (exact) mass is 503 g/mol. The molecule has 1 aliphatic rings. The molecule has 1 aromatic heterocycles. The number of aromatic carboxylic acids is 1. The van der Waals surface area contributed by atoms with Crippen molar-refractivity contribution in [3.8, 4) is 5.75 Å². The van der Waals surface area contributed by atoms with Gasteiger partial charge in [-0.15, -0.1) is 0 Å². The summed E-state index contributed by atoms with van der Waals surface area (Å²) in [6.07, 6.45) is 3.55. The number of carbonyl (C=O) groups excluding carboxylic acids is 1. The Labute approximate surface area is 206 Å². The predicted octanol–water partition coefficient (Wildman–Crippen LogP) is 3.54. The third kappa shape index (κ3) is 4.23. The van der Waals surface area contributed by atoms with Gasteiger partial charge in [0.25, 0.3) is 5.91 Å². The molecule has 3 aromatic carbocycles. The lowest BCUT2D eigenvalue weighted by Gasteiger charge is -2.07. The smallest absolute Gasteiger partial charge is 0.335 e. The molecule has 4 aromatic rings. The van der Waals surface area contributed by atoms with Crippen LogP contribution in [0.3, 0.4) is 0 Å². The van der Waals surface area contributed by atoms with Gasteiger partial charge in [-0.25, -0.2) is 18.4 Å². The number of methoxy groups -OCH3 is 1. The minimum Gasteiger partial charge on any atom is -0.497 e. The largest absolute Gasteiger partial charge is 0.497 e. The Balaban J connectivity index is 1.65. The van der Waals surface area contributed by atoms with E-state index in [4.69, 9.17) is 9.88 Å². The van der Waals surface area contributed by atoms with E-state index in [2.05, 4.69) is 5.32 Å². The Morgan fingerprint density at radius 1 is 1.14 bits per heavy atom. The Morgan fingerprint density at radius 2 is 1.94 bits per heavy atom. The number of carboxylic acid groups (broad SMARTS) is 1. The molecule has 0 saturated carbocycles. The van der Waals surface area contributed by atoms with Crippen molar-refractivity contribution in [3.63, 3.8) is 0 Å². The molecule has 36 heavy (non-hydrogen) atoms. The van der Waals surface area contributed by atoms with Gasteiger partial charge in [0.15, 0.2) is 0 Å². The number of fused-ring (bicyclic) bond motifs is 2. The SMILES string of the molecule is COc1ccc2c(c1)c(/C=C1\C(=O)Nc3ccc(S(N)(=O)=O)cc31)cn2Cc1cccc(C(=O)O)c1. The molecular weight excluding hydrogens is 482 g/mol. The highest BCUT2D eigenvalue weighted by molar-refractivity contribution is 7.89. The minimum atomic E-state index is -3.95.